The van der Waals surface area contributed by atoms with Crippen molar-refractivity contribution < 1.29 is 23.7 Å². The summed E-state index contributed by atoms with van der Waals surface area (Å²) >= 11 is 0. The van der Waals surface area contributed by atoms with E-state index in [9.17, 15) is 0 Å². The fourth-order valence-corrected chi connectivity index (χ4v) is 1.82. The van der Waals surface area contributed by atoms with Gasteiger partial charge in [0.05, 0.1) is 18.8 Å². The molecule has 0 saturated heterocycles. The van der Waals surface area contributed by atoms with E-state index in [0.29, 0.717) is 13.2 Å². The topological polar surface area (TPSA) is 46.2 Å². The Balaban J connectivity index is 4.78. The molecule has 3 unspecified atom stereocenters. The number of rotatable bonds is 9. The summed E-state index contributed by atoms with van der Waals surface area (Å²) < 4.78 is 27.2. The highest BCUT2D eigenvalue weighted by Crippen LogP contribution is 2.18. The zero-order chi connectivity index (χ0) is 14.2. The lowest BCUT2D eigenvalue weighted by molar-refractivity contribution is -0.178. The molecule has 5 nitrogen and oxygen atoms in total. The molecule has 3 atom stereocenters. The Morgan fingerprint density at radius 2 is 1.28 bits per heavy atom. The summed E-state index contributed by atoms with van der Waals surface area (Å²) in [5.74, 6) is 0. The van der Waals surface area contributed by atoms with Crippen LogP contribution in [0.1, 0.15) is 20.8 Å². The van der Waals surface area contributed by atoms with Gasteiger partial charge in [0.2, 0.25) is 0 Å². The maximum absolute atomic E-state index is 5.97. The van der Waals surface area contributed by atoms with Crippen LogP contribution in [0, 0.1) is 0 Å². The third-order valence-corrected chi connectivity index (χ3v) is 2.47. The molecule has 0 bridgehead atoms. The van der Waals surface area contributed by atoms with Crippen molar-refractivity contribution in [2.45, 2.75) is 44.7 Å². The van der Waals surface area contributed by atoms with Gasteiger partial charge in [0, 0.05) is 28.4 Å². The Morgan fingerprint density at radius 1 is 0.778 bits per heavy atom. The highest BCUT2D eigenvalue weighted by Gasteiger charge is 2.33. The maximum atomic E-state index is 5.97. The largest absolute Gasteiger partial charge is 0.382 e. The SMILES string of the molecule is COCC(OC)C(OC)C(COC)OC(C)(C)C. The van der Waals surface area contributed by atoms with Crippen LogP contribution in [0.15, 0.2) is 0 Å². The monoisotopic (exact) mass is 264 g/mol. The highest BCUT2D eigenvalue weighted by molar-refractivity contribution is 4.81. The summed E-state index contributed by atoms with van der Waals surface area (Å²) in [6, 6.07) is 0. The van der Waals surface area contributed by atoms with E-state index in [4.69, 9.17) is 23.7 Å². The van der Waals surface area contributed by atoms with Gasteiger partial charge in [0.1, 0.15) is 18.3 Å². The summed E-state index contributed by atoms with van der Waals surface area (Å²) in [7, 11) is 6.55. The van der Waals surface area contributed by atoms with E-state index in [1.165, 1.54) is 0 Å². The molecule has 0 saturated carbocycles. The molecule has 110 valence electrons. The predicted octanol–water partition coefficient (Wildman–Crippen LogP) is 1.49. The van der Waals surface area contributed by atoms with Gasteiger partial charge in [-0.15, -0.1) is 0 Å². The number of ether oxygens (including phenoxy) is 5. The third kappa shape index (κ3) is 6.66. The van der Waals surface area contributed by atoms with Crippen LogP contribution in [0.4, 0.5) is 0 Å². The van der Waals surface area contributed by atoms with Gasteiger partial charge in [-0.2, -0.15) is 0 Å². The predicted molar refractivity (Wildman–Crippen MR) is 70.0 cm³/mol. The second kappa shape index (κ2) is 8.82. The van der Waals surface area contributed by atoms with Crippen LogP contribution < -0.4 is 0 Å². The molecule has 0 aliphatic rings. The van der Waals surface area contributed by atoms with Crippen molar-refractivity contribution in [1.29, 1.82) is 0 Å². The summed E-state index contributed by atoms with van der Waals surface area (Å²) in [4.78, 5) is 0. The zero-order valence-corrected chi connectivity index (χ0v) is 12.7. The smallest absolute Gasteiger partial charge is 0.114 e. The van der Waals surface area contributed by atoms with Gasteiger partial charge < -0.3 is 23.7 Å². The molecule has 0 N–H and O–H groups in total. The molecule has 0 radical (unpaired) electrons. The molecule has 0 fully saturated rings. The van der Waals surface area contributed by atoms with Gasteiger partial charge in [0.15, 0.2) is 0 Å². The average Bonchev–Trinajstić information content (AvgIpc) is 2.27. The Labute approximate surface area is 111 Å². The van der Waals surface area contributed by atoms with E-state index in [-0.39, 0.29) is 23.9 Å². The Bertz CT molecular complexity index is 202. The molecule has 0 aromatic rings. The number of hydrogen-bond acceptors (Lipinski definition) is 5. The van der Waals surface area contributed by atoms with Crippen molar-refractivity contribution in [3.8, 4) is 0 Å². The first-order valence-corrected chi connectivity index (χ1v) is 6.10. The van der Waals surface area contributed by atoms with Crippen LogP contribution in [0.3, 0.4) is 0 Å². The lowest BCUT2D eigenvalue weighted by atomic mass is 10.1. The van der Waals surface area contributed by atoms with Gasteiger partial charge >= 0.3 is 0 Å². The molecule has 0 aliphatic heterocycles. The second-order valence-corrected chi connectivity index (χ2v) is 5.15. The molecule has 18 heavy (non-hydrogen) atoms. The first-order chi connectivity index (χ1) is 8.39. The summed E-state index contributed by atoms with van der Waals surface area (Å²) in [6.07, 6.45) is -0.642. The molecule has 5 heteroatoms. The minimum atomic E-state index is -0.272. The second-order valence-electron chi connectivity index (χ2n) is 5.15. The van der Waals surface area contributed by atoms with Crippen LogP contribution in [0.25, 0.3) is 0 Å². The minimum absolute atomic E-state index is 0.192. The van der Waals surface area contributed by atoms with Crippen LogP contribution in [0.5, 0.6) is 0 Å². The van der Waals surface area contributed by atoms with Crippen LogP contribution >= 0.6 is 0 Å². The molecule has 0 aliphatic carbocycles. The molecule has 0 amide bonds. The molecule has 0 aromatic heterocycles. The zero-order valence-electron chi connectivity index (χ0n) is 12.7. The van der Waals surface area contributed by atoms with Crippen molar-refractivity contribution >= 4 is 0 Å². The fourth-order valence-electron chi connectivity index (χ4n) is 1.82. The maximum Gasteiger partial charge on any atom is 0.114 e. The molecule has 0 heterocycles. The van der Waals surface area contributed by atoms with Gasteiger partial charge in [-0.1, -0.05) is 0 Å². The van der Waals surface area contributed by atoms with Crippen molar-refractivity contribution in [3.05, 3.63) is 0 Å². The normalized spacial score (nSPS) is 17.5. The summed E-state index contributed by atoms with van der Waals surface area (Å²) in [5, 5.41) is 0. The lowest BCUT2D eigenvalue weighted by Gasteiger charge is -2.35. The van der Waals surface area contributed by atoms with Crippen molar-refractivity contribution in [1.82, 2.24) is 0 Å². The standard InChI is InChI=1S/C13H28O5/c1-13(2,3)18-11(9-15-5)12(17-7)10(16-6)8-14-4/h10-12H,8-9H2,1-7H3. The van der Waals surface area contributed by atoms with E-state index in [1.54, 1.807) is 28.4 Å². The molecular weight excluding hydrogens is 236 g/mol. The van der Waals surface area contributed by atoms with Gasteiger partial charge in [-0.3, -0.25) is 0 Å². The quantitative estimate of drug-likeness (QED) is 0.631. The summed E-state index contributed by atoms with van der Waals surface area (Å²) in [6.45, 7) is 6.89. The van der Waals surface area contributed by atoms with E-state index in [0.717, 1.165) is 0 Å². The van der Waals surface area contributed by atoms with E-state index < -0.39 is 0 Å². The third-order valence-electron chi connectivity index (χ3n) is 2.47. The van der Waals surface area contributed by atoms with Gasteiger partial charge in [-0.25, -0.2) is 0 Å². The molecular formula is C13H28O5. The van der Waals surface area contributed by atoms with Crippen molar-refractivity contribution in [2.75, 3.05) is 41.7 Å². The molecule has 0 rings (SSSR count). The van der Waals surface area contributed by atoms with E-state index >= 15 is 0 Å². The van der Waals surface area contributed by atoms with Crippen molar-refractivity contribution in [2.24, 2.45) is 0 Å². The Hall–Kier alpha value is -0.200. The van der Waals surface area contributed by atoms with Crippen LogP contribution in [-0.2, 0) is 23.7 Å². The number of hydrogen-bond donors (Lipinski definition) is 0. The van der Waals surface area contributed by atoms with Gasteiger partial charge in [-0.05, 0) is 20.8 Å². The molecule has 0 spiro atoms. The Kier molecular flexibility index (Phi) is 8.73. The average molecular weight is 264 g/mol. The number of methoxy groups -OCH3 is 4. The summed E-state index contributed by atoms with van der Waals surface area (Å²) in [5.41, 5.74) is -0.272. The first kappa shape index (κ1) is 17.8. The van der Waals surface area contributed by atoms with E-state index in [2.05, 4.69) is 0 Å². The first-order valence-electron chi connectivity index (χ1n) is 6.10. The van der Waals surface area contributed by atoms with E-state index in [1.807, 2.05) is 20.8 Å². The van der Waals surface area contributed by atoms with Crippen molar-refractivity contribution in [3.63, 3.8) is 0 Å². The highest BCUT2D eigenvalue weighted by atomic mass is 16.6. The minimum Gasteiger partial charge on any atom is -0.382 e. The Morgan fingerprint density at radius 3 is 1.61 bits per heavy atom. The van der Waals surface area contributed by atoms with Crippen LogP contribution in [0.2, 0.25) is 0 Å². The molecule has 0 aromatic carbocycles. The fraction of sp³-hybridized carbons (Fsp3) is 1.00. The lowest BCUT2D eigenvalue weighted by Crippen LogP contribution is -2.48. The van der Waals surface area contributed by atoms with Gasteiger partial charge in [0.25, 0.3) is 0 Å². The van der Waals surface area contributed by atoms with Crippen LogP contribution in [-0.4, -0.2) is 65.6 Å².